The Morgan fingerprint density at radius 2 is 1.52 bits per heavy atom. The number of anilines is 1. The SMILES string of the molecule is c1ccc(CCNc2cc(-c3ccccc3)ncn2)cc1. The lowest BCUT2D eigenvalue weighted by molar-refractivity contribution is 1.000. The van der Waals surface area contributed by atoms with E-state index in [4.69, 9.17) is 0 Å². The van der Waals surface area contributed by atoms with E-state index >= 15 is 0 Å². The molecule has 3 heteroatoms. The first-order valence-corrected chi connectivity index (χ1v) is 7.07. The van der Waals surface area contributed by atoms with Gasteiger partial charge in [-0.15, -0.1) is 0 Å². The van der Waals surface area contributed by atoms with Gasteiger partial charge in [-0.25, -0.2) is 9.97 Å². The minimum atomic E-state index is 0.856. The van der Waals surface area contributed by atoms with Crippen LogP contribution in [0.1, 0.15) is 5.56 Å². The number of hydrogen-bond acceptors (Lipinski definition) is 3. The summed E-state index contributed by atoms with van der Waals surface area (Å²) < 4.78 is 0. The van der Waals surface area contributed by atoms with Gasteiger partial charge in [0, 0.05) is 18.2 Å². The van der Waals surface area contributed by atoms with Gasteiger partial charge >= 0.3 is 0 Å². The second-order valence-corrected chi connectivity index (χ2v) is 4.82. The lowest BCUT2D eigenvalue weighted by Crippen LogP contribution is -2.06. The van der Waals surface area contributed by atoms with Crippen LogP contribution in [-0.2, 0) is 6.42 Å². The molecule has 3 aromatic rings. The second kappa shape index (κ2) is 6.66. The lowest BCUT2D eigenvalue weighted by Gasteiger charge is -2.07. The molecular weight excluding hydrogens is 258 g/mol. The Kier molecular flexibility index (Phi) is 4.22. The van der Waals surface area contributed by atoms with Gasteiger partial charge in [0.2, 0.25) is 0 Å². The Morgan fingerprint density at radius 3 is 2.29 bits per heavy atom. The third kappa shape index (κ3) is 3.66. The zero-order chi connectivity index (χ0) is 14.3. The topological polar surface area (TPSA) is 37.8 Å². The minimum Gasteiger partial charge on any atom is -0.370 e. The van der Waals surface area contributed by atoms with Crippen molar-refractivity contribution in [2.45, 2.75) is 6.42 Å². The van der Waals surface area contributed by atoms with Gasteiger partial charge in [-0.3, -0.25) is 0 Å². The highest BCUT2D eigenvalue weighted by Crippen LogP contribution is 2.17. The number of rotatable bonds is 5. The van der Waals surface area contributed by atoms with Crippen LogP contribution in [0.2, 0.25) is 0 Å². The zero-order valence-corrected chi connectivity index (χ0v) is 11.7. The predicted octanol–water partition coefficient (Wildman–Crippen LogP) is 3.80. The molecule has 1 heterocycles. The zero-order valence-electron chi connectivity index (χ0n) is 11.7. The maximum atomic E-state index is 4.32. The van der Waals surface area contributed by atoms with Gasteiger partial charge < -0.3 is 5.32 Å². The first-order chi connectivity index (χ1) is 10.4. The highest BCUT2D eigenvalue weighted by molar-refractivity contribution is 5.61. The normalized spacial score (nSPS) is 10.3. The summed E-state index contributed by atoms with van der Waals surface area (Å²) in [6, 6.07) is 22.6. The van der Waals surface area contributed by atoms with Gasteiger partial charge in [-0.05, 0) is 12.0 Å². The number of hydrogen-bond donors (Lipinski definition) is 1. The van der Waals surface area contributed by atoms with E-state index in [2.05, 4.69) is 51.7 Å². The van der Waals surface area contributed by atoms with E-state index in [1.54, 1.807) is 6.33 Å². The monoisotopic (exact) mass is 275 g/mol. The van der Waals surface area contributed by atoms with E-state index in [0.717, 1.165) is 30.0 Å². The van der Waals surface area contributed by atoms with E-state index in [-0.39, 0.29) is 0 Å². The molecule has 0 fully saturated rings. The van der Waals surface area contributed by atoms with E-state index in [1.807, 2.05) is 30.3 Å². The van der Waals surface area contributed by atoms with Crippen LogP contribution in [0.25, 0.3) is 11.3 Å². The summed E-state index contributed by atoms with van der Waals surface area (Å²) in [4.78, 5) is 8.60. The van der Waals surface area contributed by atoms with Crippen molar-refractivity contribution in [1.29, 1.82) is 0 Å². The molecule has 21 heavy (non-hydrogen) atoms. The maximum absolute atomic E-state index is 4.32. The van der Waals surface area contributed by atoms with E-state index in [0.29, 0.717) is 0 Å². The quantitative estimate of drug-likeness (QED) is 0.769. The fraction of sp³-hybridized carbons (Fsp3) is 0.111. The van der Waals surface area contributed by atoms with Crippen molar-refractivity contribution in [3.8, 4) is 11.3 Å². The Balaban J connectivity index is 1.64. The van der Waals surface area contributed by atoms with Gasteiger partial charge in [0.25, 0.3) is 0 Å². The molecule has 3 nitrogen and oxygen atoms in total. The van der Waals surface area contributed by atoms with Gasteiger partial charge in [-0.2, -0.15) is 0 Å². The van der Waals surface area contributed by atoms with Crippen LogP contribution in [0, 0.1) is 0 Å². The van der Waals surface area contributed by atoms with Gasteiger partial charge in [0.05, 0.1) is 5.69 Å². The van der Waals surface area contributed by atoms with Crippen LogP contribution in [0.4, 0.5) is 5.82 Å². The largest absolute Gasteiger partial charge is 0.370 e. The van der Waals surface area contributed by atoms with Crippen molar-refractivity contribution in [3.63, 3.8) is 0 Å². The number of benzene rings is 2. The Bertz CT molecular complexity index is 681. The summed E-state index contributed by atoms with van der Waals surface area (Å²) in [7, 11) is 0. The maximum Gasteiger partial charge on any atom is 0.129 e. The van der Waals surface area contributed by atoms with Crippen molar-refractivity contribution in [1.82, 2.24) is 9.97 Å². The fourth-order valence-electron chi connectivity index (χ4n) is 2.20. The van der Waals surface area contributed by atoms with Crippen molar-refractivity contribution < 1.29 is 0 Å². The molecule has 104 valence electrons. The molecule has 0 aliphatic heterocycles. The molecule has 1 N–H and O–H groups in total. The van der Waals surface area contributed by atoms with Gasteiger partial charge in [0.1, 0.15) is 12.1 Å². The summed E-state index contributed by atoms with van der Waals surface area (Å²) in [6.45, 7) is 0.856. The molecule has 0 aliphatic carbocycles. The average Bonchev–Trinajstić information content (AvgIpc) is 2.57. The average molecular weight is 275 g/mol. The van der Waals surface area contributed by atoms with Crippen LogP contribution in [0.15, 0.2) is 73.1 Å². The van der Waals surface area contributed by atoms with E-state index < -0.39 is 0 Å². The smallest absolute Gasteiger partial charge is 0.129 e. The second-order valence-electron chi connectivity index (χ2n) is 4.82. The first-order valence-electron chi connectivity index (χ1n) is 7.07. The highest BCUT2D eigenvalue weighted by Gasteiger charge is 2.01. The first kappa shape index (κ1) is 13.3. The molecule has 0 saturated carbocycles. The molecule has 0 amide bonds. The third-order valence-electron chi connectivity index (χ3n) is 3.30. The molecule has 0 unspecified atom stereocenters. The minimum absolute atomic E-state index is 0.856. The summed E-state index contributed by atoms with van der Waals surface area (Å²) in [5, 5.41) is 3.35. The number of aromatic nitrogens is 2. The predicted molar refractivity (Wildman–Crippen MR) is 86.1 cm³/mol. The van der Waals surface area contributed by atoms with Crippen LogP contribution < -0.4 is 5.32 Å². The van der Waals surface area contributed by atoms with Crippen LogP contribution >= 0.6 is 0 Å². The van der Waals surface area contributed by atoms with Gasteiger partial charge in [0.15, 0.2) is 0 Å². The Morgan fingerprint density at radius 1 is 0.810 bits per heavy atom. The third-order valence-corrected chi connectivity index (χ3v) is 3.30. The summed E-state index contributed by atoms with van der Waals surface area (Å²) in [6.07, 6.45) is 2.58. The molecule has 0 radical (unpaired) electrons. The van der Waals surface area contributed by atoms with Gasteiger partial charge in [-0.1, -0.05) is 60.7 Å². The van der Waals surface area contributed by atoms with Crippen LogP contribution in [0.5, 0.6) is 0 Å². The molecule has 2 aromatic carbocycles. The van der Waals surface area contributed by atoms with Crippen molar-refractivity contribution >= 4 is 5.82 Å². The van der Waals surface area contributed by atoms with E-state index in [1.165, 1.54) is 5.56 Å². The van der Waals surface area contributed by atoms with Crippen LogP contribution in [0.3, 0.4) is 0 Å². The van der Waals surface area contributed by atoms with Crippen molar-refractivity contribution in [2.24, 2.45) is 0 Å². The Hall–Kier alpha value is -2.68. The molecule has 0 atom stereocenters. The molecule has 3 rings (SSSR count). The number of nitrogens with zero attached hydrogens (tertiary/aromatic N) is 2. The molecule has 1 aromatic heterocycles. The lowest BCUT2D eigenvalue weighted by atomic mass is 10.1. The summed E-state index contributed by atoms with van der Waals surface area (Å²) in [5.74, 6) is 0.861. The Labute approximate surface area is 124 Å². The van der Waals surface area contributed by atoms with E-state index in [9.17, 15) is 0 Å². The highest BCUT2D eigenvalue weighted by atomic mass is 15.0. The molecule has 0 saturated heterocycles. The molecule has 0 aliphatic rings. The fourth-order valence-corrected chi connectivity index (χ4v) is 2.20. The molecular formula is C18H17N3. The van der Waals surface area contributed by atoms with Crippen molar-refractivity contribution in [2.75, 3.05) is 11.9 Å². The summed E-state index contributed by atoms with van der Waals surface area (Å²) in [5.41, 5.74) is 3.36. The standard InChI is InChI=1S/C18H17N3/c1-3-7-15(8-4-1)11-12-19-18-13-17(20-14-21-18)16-9-5-2-6-10-16/h1-10,13-14H,11-12H2,(H,19,20,21). The molecule has 0 bridgehead atoms. The molecule has 0 spiro atoms. The summed E-state index contributed by atoms with van der Waals surface area (Å²) >= 11 is 0. The van der Waals surface area contributed by atoms with Crippen LogP contribution in [-0.4, -0.2) is 16.5 Å². The van der Waals surface area contributed by atoms with Crippen molar-refractivity contribution in [3.05, 3.63) is 78.6 Å². The number of nitrogens with one attached hydrogen (secondary N) is 1.